The topological polar surface area (TPSA) is 88.2 Å². The Morgan fingerprint density at radius 3 is 2.16 bits per heavy atom. The van der Waals surface area contributed by atoms with Gasteiger partial charge in [0.1, 0.15) is 11.8 Å². The number of esters is 1. The van der Waals surface area contributed by atoms with E-state index in [-0.39, 0.29) is 18.2 Å². The van der Waals surface area contributed by atoms with Gasteiger partial charge in [-0.25, -0.2) is 4.79 Å². The van der Waals surface area contributed by atoms with Crippen LogP contribution in [0.4, 0.5) is 5.69 Å². The number of nitrogens with zero attached hydrogens (tertiary/aromatic N) is 2. The molecule has 0 aliphatic carbocycles. The van der Waals surface area contributed by atoms with Crippen molar-refractivity contribution in [3.05, 3.63) is 95.6 Å². The molecule has 1 aliphatic rings. The minimum Gasteiger partial charge on any atom is -0.497 e. The van der Waals surface area contributed by atoms with Crippen LogP contribution in [-0.4, -0.2) is 53.0 Å². The third-order valence-electron chi connectivity index (χ3n) is 6.07. The highest BCUT2D eigenvalue weighted by atomic mass is 32.1. The number of benzene rings is 3. The minimum absolute atomic E-state index is 0.0842. The number of ether oxygens (including phenoxy) is 2. The second-order valence-electron chi connectivity index (χ2n) is 8.51. The molecule has 0 bridgehead atoms. The first-order valence-corrected chi connectivity index (χ1v) is 12.1. The molecular weight excluding hydrogens is 490 g/mol. The first kappa shape index (κ1) is 25.8. The molecule has 0 aromatic heterocycles. The van der Waals surface area contributed by atoms with Crippen molar-refractivity contribution in [1.82, 2.24) is 9.80 Å². The first-order valence-electron chi connectivity index (χ1n) is 11.7. The number of methoxy groups -OCH3 is 2. The van der Waals surface area contributed by atoms with Crippen LogP contribution >= 0.6 is 12.2 Å². The van der Waals surface area contributed by atoms with Crippen LogP contribution in [0.1, 0.15) is 27.9 Å². The molecule has 1 N–H and O–H groups in total. The number of rotatable bonds is 9. The molecule has 1 aliphatic heterocycles. The Kier molecular flexibility index (Phi) is 8.15. The zero-order chi connectivity index (χ0) is 26.4. The summed E-state index contributed by atoms with van der Waals surface area (Å²) in [7, 11) is 2.90. The second kappa shape index (κ2) is 11.7. The maximum Gasteiger partial charge on any atom is 0.337 e. The number of anilines is 1. The molecule has 1 saturated heterocycles. The average molecular weight is 518 g/mol. The summed E-state index contributed by atoms with van der Waals surface area (Å²) in [5.74, 6) is -0.300. The van der Waals surface area contributed by atoms with E-state index >= 15 is 0 Å². The molecule has 1 unspecified atom stereocenters. The third kappa shape index (κ3) is 6.13. The van der Waals surface area contributed by atoms with E-state index < -0.39 is 12.0 Å². The molecule has 3 aromatic rings. The summed E-state index contributed by atoms with van der Waals surface area (Å²) in [4.78, 5) is 41.5. The van der Waals surface area contributed by atoms with Gasteiger partial charge in [-0.15, -0.1) is 0 Å². The van der Waals surface area contributed by atoms with E-state index in [4.69, 9.17) is 21.7 Å². The molecule has 0 spiro atoms. The normalized spacial score (nSPS) is 15.0. The number of hydrogen-bond donors (Lipinski definition) is 1. The van der Waals surface area contributed by atoms with E-state index in [2.05, 4.69) is 5.32 Å². The Hall–Kier alpha value is -4.24. The van der Waals surface area contributed by atoms with Gasteiger partial charge in [-0.05, 0) is 59.7 Å². The van der Waals surface area contributed by atoms with Crippen molar-refractivity contribution < 1.29 is 23.9 Å². The van der Waals surface area contributed by atoms with Crippen molar-refractivity contribution in [2.45, 2.75) is 25.6 Å². The smallest absolute Gasteiger partial charge is 0.337 e. The molecule has 1 atom stereocenters. The van der Waals surface area contributed by atoms with Crippen molar-refractivity contribution >= 4 is 40.8 Å². The van der Waals surface area contributed by atoms with Gasteiger partial charge in [0.15, 0.2) is 5.11 Å². The Morgan fingerprint density at radius 1 is 0.892 bits per heavy atom. The van der Waals surface area contributed by atoms with Crippen LogP contribution in [0, 0.1) is 0 Å². The number of nitrogens with one attached hydrogen (secondary N) is 1. The Balaban J connectivity index is 1.52. The molecule has 4 rings (SSSR count). The largest absolute Gasteiger partial charge is 0.497 e. The highest BCUT2D eigenvalue weighted by Gasteiger charge is 2.43. The third-order valence-corrected chi connectivity index (χ3v) is 6.52. The van der Waals surface area contributed by atoms with Crippen molar-refractivity contribution in [3.63, 3.8) is 0 Å². The lowest BCUT2D eigenvalue weighted by atomic mass is 10.1. The van der Waals surface area contributed by atoms with Crippen LogP contribution in [0.5, 0.6) is 5.75 Å². The van der Waals surface area contributed by atoms with E-state index in [9.17, 15) is 14.4 Å². The molecule has 9 heteroatoms. The van der Waals surface area contributed by atoms with E-state index in [0.29, 0.717) is 29.5 Å². The lowest BCUT2D eigenvalue weighted by molar-refractivity contribution is -0.131. The van der Waals surface area contributed by atoms with Crippen LogP contribution in [0.3, 0.4) is 0 Å². The summed E-state index contributed by atoms with van der Waals surface area (Å²) in [6.07, 6.45) is -0.0842. The molecule has 1 fully saturated rings. The minimum atomic E-state index is -0.757. The Labute approximate surface area is 220 Å². The summed E-state index contributed by atoms with van der Waals surface area (Å²) in [6.45, 7) is 0.691. The van der Waals surface area contributed by atoms with Gasteiger partial charge in [0, 0.05) is 12.2 Å². The first-order chi connectivity index (χ1) is 17.9. The number of carbonyl (C=O) groups excluding carboxylic acids is 3. The highest BCUT2D eigenvalue weighted by molar-refractivity contribution is 7.80. The molecule has 0 saturated carbocycles. The van der Waals surface area contributed by atoms with E-state index in [1.807, 2.05) is 54.6 Å². The molecule has 0 radical (unpaired) electrons. The molecule has 190 valence electrons. The molecular formula is C28H27N3O5S. The van der Waals surface area contributed by atoms with E-state index in [0.717, 1.165) is 16.9 Å². The number of hydrogen-bond acceptors (Lipinski definition) is 6. The quantitative estimate of drug-likeness (QED) is 0.339. The fourth-order valence-corrected chi connectivity index (χ4v) is 4.45. The van der Waals surface area contributed by atoms with Gasteiger partial charge < -0.3 is 19.7 Å². The van der Waals surface area contributed by atoms with Gasteiger partial charge >= 0.3 is 5.97 Å². The van der Waals surface area contributed by atoms with E-state index in [1.54, 1.807) is 41.2 Å². The van der Waals surface area contributed by atoms with Gasteiger partial charge in [0.2, 0.25) is 5.91 Å². The number of carbonyl (C=O) groups is 3. The summed E-state index contributed by atoms with van der Waals surface area (Å²) in [5.41, 5.74) is 2.76. The predicted molar refractivity (Wildman–Crippen MR) is 143 cm³/mol. The maximum atomic E-state index is 13.5. The number of thiocarbonyl (C=S) groups is 1. The Morgan fingerprint density at radius 2 is 1.54 bits per heavy atom. The van der Waals surface area contributed by atoms with Crippen LogP contribution in [0.15, 0.2) is 78.9 Å². The Bertz CT molecular complexity index is 1280. The summed E-state index contributed by atoms with van der Waals surface area (Å²) < 4.78 is 9.94. The highest BCUT2D eigenvalue weighted by Crippen LogP contribution is 2.26. The summed E-state index contributed by atoms with van der Waals surface area (Å²) >= 11 is 5.73. The molecule has 2 amide bonds. The zero-order valence-corrected chi connectivity index (χ0v) is 21.4. The fraction of sp³-hybridized carbons (Fsp3) is 0.214. The molecule has 37 heavy (non-hydrogen) atoms. The lowest BCUT2D eigenvalue weighted by Crippen LogP contribution is -2.37. The molecule has 1 heterocycles. The van der Waals surface area contributed by atoms with Gasteiger partial charge in [-0.2, -0.15) is 0 Å². The average Bonchev–Trinajstić information content (AvgIpc) is 3.13. The predicted octanol–water partition coefficient (Wildman–Crippen LogP) is 4.01. The molecule has 3 aromatic carbocycles. The SMILES string of the molecule is COC(=O)c1ccc(NC(=O)CC2C(=O)N(Cc3ccccc3)C(=S)N2Cc2ccc(OC)cc2)cc1. The van der Waals surface area contributed by atoms with Crippen LogP contribution in [0.2, 0.25) is 0 Å². The van der Waals surface area contributed by atoms with Gasteiger partial charge in [-0.3, -0.25) is 14.5 Å². The van der Waals surface area contributed by atoms with Gasteiger partial charge in [0.25, 0.3) is 5.91 Å². The lowest BCUT2D eigenvalue weighted by Gasteiger charge is -2.24. The van der Waals surface area contributed by atoms with Crippen LogP contribution in [0.25, 0.3) is 0 Å². The second-order valence-corrected chi connectivity index (χ2v) is 8.87. The fourth-order valence-electron chi connectivity index (χ4n) is 4.11. The van der Waals surface area contributed by atoms with Crippen molar-refractivity contribution in [2.75, 3.05) is 19.5 Å². The van der Waals surface area contributed by atoms with Crippen LogP contribution < -0.4 is 10.1 Å². The summed E-state index contributed by atoms with van der Waals surface area (Å²) in [5, 5.41) is 3.18. The van der Waals surface area contributed by atoms with Gasteiger partial charge in [-0.1, -0.05) is 42.5 Å². The summed E-state index contributed by atoms with van der Waals surface area (Å²) in [6, 6.07) is 22.7. The van der Waals surface area contributed by atoms with Crippen molar-refractivity contribution in [2.24, 2.45) is 0 Å². The molecule has 8 nitrogen and oxygen atoms in total. The standard InChI is InChI=1S/C28H27N3O5S/c1-35-23-14-8-20(9-15-23)17-30-24(26(33)31(28(30)37)18-19-6-4-3-5-7-19)16-25(32)29-22-12-10-21(11-13-22)27(34)36-2/h3-15,24H,16-18H2,1-2H3,(H,29,32). The zero-order valence-electron chi connectivity index (χ0n) is 20.5. The van der Waals surface area contributed by atoms with Crippen molar-refractivity contribution in [3.8, 4) is 5.75 Å². The van der Waals surface area contributed by atoms with Crippen LogP contribution in [-0.2, 0) is 27.4 Å². The maximum absolute atomic E-state index is 13.5. The number of amides is 2. The van der Waals surface area contributed by atoms with Gasteiger partial charge in [0.05, 0.1) is 32.7 Å². The monoisotopic (exact) mass is 517 g/mol. The van der Waals surface area contributed by atoms with E-state index in [1.165, 1.54) is 7.11 Å². The van der Waals surface area contributed by atoms with Crippen molar-refractivity contribution in [1.29, 1.82) is 0 Å².